The average molecular weight is 380 g/mol. The molecule has 5 nitrogen and oxygen atoms in total. The van der Waals surface area contributed by atoms with E-state index in [1.807, 2.05) is 31.3 Å². The summed E-state index contributed by atoms with van der Waals surface area (Å²) in [5.74, 6) is 0.899. The fourth-order valence-corrected chi connectivity index (χ4v) is 4.05. The third-order valence-corrected chi connectivity index (χ3v) is 5.95. The number of nitrogens with one attached hydrogen (secondary N) is 1. The van der Waals surface area contributed by atoms with Gasteiger partial charge >= 0.3 is 6.03 Å². The summed E-state index contributed by atoms with van der Waals surface area (Å²) in [5, 5.41) is 3.14. The van der Waals surface area contributed by atoms with Gasteiger partial charge in [-0.2, -0.15) is 0 Å². The van der Waals surface area contributed by atoms with Crippen molar-refractivity contribution in [1.82, 2.24) is 10.2 Å². The quantitative estimate of drug-likeness (QED) is 0.833. The molecule has 1 aliphatic carbocycles. The Hall–Kier alpha value is -2.69. The number of rotatable bonds is 6. The van der Waals surface area contributed by atoms with Gasteiger partial charge in [-0.3, -0.25) is 0 Å². The van der Waals surface area contributed by atoms with E-state index in [1.54, 1.807) is 4.90 Å². The normalized spacial score (nSPS) is 19.4. The van der Waals surface area contributed by atoms with Crippen LogP contribution in [0.25, 0.3) is 0 Å². The van der Waals surface area contributed by atoms with Crippen molar-refractivity contribution in [2.75, 3.05) is 38.1 Å². The Labute approximate surface area is 167 Å². The van der Waals surface area contributed by atoms with Gasteiger partial charge in [0.05, 0.1) is 18.8 Å². The van der Waals surface area contributed by atoms with E-state index < -0.39 is 0 Å². The minimum absolute atomic E-state index is 0.0328. The topological polar surface area (TPSA) is 44.8 Å². The van der Waals surface area contributed by atoms with Gasteiger partial charge in [-0.15, -0.1) is 0 Å². The number of likely N-dealkylation sites (N-methyl/N-ethyl adjacent to an activating group) is 2. The first-order valence-corrected chi connectivity index (χ1v) is 10.2. The molecule has 1 heterocycles. The van der Waals surface area contributed by atoms with Crippen LogP contribution in [0.1, 0.15) is 25.3 Å². The lowest BCUT2D eigenvalue weighted by molar-refractivity contribution is 0.145. The lowest BCUT2D eigenvalue weighted by Gasteiger charge is -2.37. The predicted molar refractivity (Wildman–Crippen MR) is 112 cm³/mol. The van der Waals surface area contributed by atoms with Gasteiger partial charge in [0, 0.05) is 25.6 Å². The Morgan fingerprint density at radius 1 is 1.18 bits per heavy atom. The Kier molecular flexibility index (Phi) is 5.16. The Morgan fingerprint density at radius 3 is 2.61 bits per heavy atom. The summed E-state index contributed by atoms with van der Waals surface area (Å²) in [4.78, 5) is 16.7. The second-order valence-corrected chi connectivity index (χ2v) is 7.93. The second kappa shape index (κ2) is 7.74. The summed E-state index contributed by atoms with van der Waals surface area (Å²) in [5.41, 5.74) is 2.58. The average Bonchev–Trinajstić information content (AvgIpc) is 3.53. The minimum Gasteiger partial charge on any atom is -0.485 e. The number of nitrogens with zero attached hydrogens (tertiary/aromatic N) is 2. The number of fused-ring (bicyclic) bond motifs is 1. The molecule has 0 radical (unpaired) electrons. The predicted octanol–water partition coefficient (Wildman–Crippen LogP) is 3.65. The molecule has 1 N–H and O–H groups in total. The van der Waals surface area contributed by atoms with Crippen LogP contribution in [0, 0.1) is 0 Å². The molecule has 0 aromatic heterocycles. The number of amides is 2. The van der Waals surface area contributed by atoms with Gasteiger partial charge in [-0.1, -0.05) is 42.5 Å². The first-order chi connectivity index (χ1) is 13.6. The molecule has 5 heteroatoms. The zero-order valence-corrected chi connectivity index (χ0v) is 16.7. The van der Waals surface area contributed by atoms with Crippen molar-refractivity contribution in [1.29, 1.82) is 0 Å². The zero-order valence-electron chi connectivity index (χ0n) is 16.7. The highest BCUT2D eigenvalue weighted by molar-refractivity contribution is 5.74. The molecule has 148 valence electrons. The number of anilines is 1. The van der Waals surface area contributed by atoms with Gasteiger partial charge in [-0.05, 0) is 37.5 Å². The molecule has 0 bridgehead atoms. The molecule has 4 rings (SSSR count). The maximum absolute atomic E-state index is 12.7. The van der Waals surface area contributed by atoms with Crippen molar-refractivity contribution in [3.8, 4) is 5.75 Å². The van der Waals surface area contributed by atoms with Crippen LogP contribution < -0.4 is 15.0 Å². The molecular weight excluding hydrogens is 350 g/mol. The van der Waals surface area contributed by atoms with Crippen molar-refractivity contribution in [3.05, 3.63) is 60.2 Å². The fourth-order valence-electron chi connectivity index (χ4n) is 4.05. The van der Waals surface area contributed by atoms with E-state index in [2.05, 4.69) is 47.5 Å². The third-order valence-electron chi connectivity index (χ3n) is 5.95. The smallest absolute Gasteiger partial charge is 0.317 e. The molecule has 0 saturated heterocycles. The minimum atomic E-state index is -0.0345. The molecule has 0 unspecified atom stereocenters. The van der Waals surface area contributed by atoms with Gasteiger partial charge in [0.25, 0.3) is 0 Å². The molecule has 2 aromatic carbocycles. The van der Waals surface area contributed by atoms with Crippen LogP contribution in [0.3, 0.4) is 0 Å². The Bertz CT molecular complexity index is 820. The first kappa shape index (κ1) is 18.7. The zero-order chi connectivity index (χ0) is 19.6. The Balaban J connectivity index is 1.33. The molecule has 1 fully saturated rings. The second-order valence-electron chi connectivity index (χ2n) is 7.93. The van der Waals surface area contributed by atoms with E-state index in [9.17, 15) is 4.79 Å². The van der Waals surface area contributed by atoms with Crippen LogP contribution in [-0.2, 0) is 5.41 Å². The lowest BCUT2D eigenvalue weighted by Crippen LogP contribution is -2.49. The summed E-state index contributed by atoms with van der Waals surface area (Å²) in [6, 6.07) is 18.6. The van der Waals surface area contributed by atoms with Crippen LogP contribution in [0.15, 0.2) is 54.6 Å². The van der Waals surface area contributed by atoms with E-state index in [0.717, 1.165) is 37.4 Å². The number of hydrogen-bond donors (Lipinski definition) is 1. The molecule has 1 atom stereocenters. The summed E-state index contributed by atoms with van der Waals surface area (Å²) >= 11 is 0. The van der Waals surface area contributed by atoms with Gasteiger partial charge < -0.3 is 19.9 Å². The maximum atomic E-state index is 12.7. The van der Waals surface area contributed by atoms with Crippen molar-refractivity contribution < 1.29 is 9.53 Å². The maximum Gasteiger partial charge on any atom is 0.317 e. The molecule has 2 amide bonds. The lowest BCUT2D eigenvalue weighted by atomic mass is 9.96. The first-order valence-electron chi connectivity index (χ1n) is 10.2. The van der Waals surface area contributed by atoms with Gasteiger partial charge in [-0.25, -0.2) is 4.79 Å². The molecule has 28 heavy (non-hydrogen) atoms. The van der Waals surface area contributed by atoms with Crippen LogP contribution in [0.2, 0.25) is 0 Å². The van der Waals surface area contributed by atoms with E-state index in [-0.39, 0.29) is 17.6 Å². The van der Waals surface area contributed by atoms with E-state index in [0.29, 0.717) is 13.1 Å². The fraction of sp³-hybridized carbons (Fsp3) is 0.435. The van der Waals surface area contributed by atoms with E-state index in [1.165, 1.54) is 5.56 Å². The number of urea groups is 1. The van der Waals surface area contributed by atoms with Crippen molar-refractivity contribution >= 4 is 11.7 Å². The summed E-state index contributed by atoms with van der Waals surface area (Å²) in [6.07, 6.45) is 2.24. The molecular formula is C23H29N3O2. The van der Waals surface area contributed by atoms with Crippen molar-refractivity contribution in [3.63, 3.8) is 0 Å². The standard InChI is InChI=1S/C23H29N3O2/c1-3-26-16-19(28-21-12-8-7-11-20(21)26)15-25(2)22(27)24-17-23(13-14-23)18-9-5-4-6-10-18/h4-12,19H,3,13-17H2,1-2H3,(H,24,27)/t19-/m1/s1. The number of para-hydroxylation sites is 2. The number of benzene rings is 2. The van der Waals surface area contributed by atoms with Crippen LogP contribution >= 0.6 is 0 Å². The summed E-state index contributed by atoms with van der Waals surface area (Å²) in [6.45, 7) is 5.12. The number of carbonyl (C=O) groups excluding carboxylic acids is 1. The van der Waals surface area contributed by atoms with E-state index >= 15 is 0 Å². The molecule has 2 aromatic rings. The SMILES string of the molecule is CCN1C[C@@H](CN(C)C(=O)NCC2(c3ccccc3)CC2)Oc2ccccc21. The highest BCUT2D eigenvalue weighted by Gasteiger charge is 2.44. The van der Waals surface area contributed by atoms with E-state index in [4.69, 9.17) is 4.74 Å². The highest BCUT2D eigenvalue weighted by Crippen LogP contribution is 2.47. The molecule has 1 aliphatic heterocycles. The summed E-state index contributed by atoms with van der Waals surface area (Å²) < 4.78 is 6.15. The van der Waals surface area contributed by atoms with Crippen LogP contribution in [0.5, 0.6) is 5.75 Å². The highest BCUT2D eigenvalue weighted by atomic mass is 16.5. The van der Waals surface area contributed by atoms with Gasteiger partial charge in [0.1, 0.15) is 11.9 Å². The third kappa shape index (κ3) is 3.79. The van der Waals surface area contributed by atoms with Crippen LogP contribution in [-0.4, -0.2) is 50.3 Å². The molecule has 1 saturated carbocycles. The number of hydrogen-bond acceptors (Lipinski definition) is 3. The van der Waals surface area contributed by atoms with Crippen LogP contribution in [0.4, 0.5) is 10.5 Å². The Morgan fingerprint density at radius 2 is 1.89 bits per heavy atom. The van der Waals surface area contributed by atoms with Gasteiger partial charge in [0.15, 0.2) is 0 Å². The van der Waals surface area contributed by atoms with Gasteiger partial charge in [0.2, 0.25) is 0 Å². The summed E-state index contributed by atoms with van der Waals surface area (Å²) in [7, 11) is 1.84. The number of carbonyl (C=O) groups is 1. The molecule has 2 aliphatic rings. The largest absolute Gasteiger partial charge is 0.485 e. The monoisotopic (exact) mass is 379 g/mol. The van der Waals surface area contributed by atoms with Crippen molar-refractivity contribution in [2.45, 2.75) is 31.3 Å². The number of ether oxygens (including phenoxy) is 1. The van der Waals surface area contributed by atoms with Crippen molar-refractivity contribution in [2.24, 2.45) is 0 Å². The molecule has 0 spiro atoms.